The van der Waals surface area contributed by atoms with Crippen LogP contribution >= 0.6 is 15.9 Å². The summed E-state index contributed by atoms with van der Waals surface area (Å²) in [5.41, 5.74) is 2.22. The summed E-state index contributed by atoms with van der Waals surface area (Å²) in [7, 11) is 0. The lowest BCUT2D eigenvalue weighted by Gasteiger charge is -2.06. The molecule has 0 aliphatic heterocycles. The highest BCUT2D eigenvalue weighted by atomic mass is 79.9. The average Bonchev–Trinajstić information content (AvgIpc) is 2.48. The van der Waals surface area contributed by atoms with E-state index < -0.39 is 0 Å². The van der Waals surface area contributed by atoms with E-state index in [9.17, 15) is 4.79 Å². The molecule has 0 spiro atoms. The van der Waals surface area contributed by atoms with E-state index in [1.54, 1.807) is 18.3 Å². The third kappa shape index (κ3) is 2.70. The normalized spacial score (nSPS) is 10.4. The molecule has 1 amide bonds. The molecule has 2 aromatic carbocycles. The molecule has 0 saturated carbocycles. The van der Waals surface area contributed by atoms with Crippen LogP contribution in [0.3, 0.4) is 0 Å². The summed E-state index contributed by atoms with van der Waals surface area (Å²) in [6.45, 7) is 0. The average molecular weight is 327 g/mol. The minimum atomic E-state index is -0.132. The lowest BCUT2D eigenvalue weighted by molar-refractivity contribution is 0.102. The van der Waals surface area contributed by atoms with E-state index >= 15 is 0 Å². The zero-order valence-electron chi connectivity index (χ0n) is 10.5. The first-order valence-corrected chi connectivity index (χ1v) is 6.93. The van der Waals surface area contributed by atoms with Gasteiger partial charge in [-0.1, -0.05) is 28.1 Å². The Morgan fingerprint density at radius 3 is 2.65 bits per heavy atom. The van der Waals surface area contributed by atoms with Crippen LogP contribution in [0, 0.1) is 0 Å². The molecule has 1 aromatic heterocycles. The van der Waals surface area contributed by atoms with Gasteiger partial charge in [0.2, 0.25) is 0 Å². The van der Waals surface area contributed by atoms with Crippen molar-refractivity contribution in [3.63, 3.8) is 0 Å². The standard InChI is InChI=1S/C16H11BrN2O/c17-13-6-3-12(4-7-13)16(20)19-14-8-5-11-2-1-9-18-15(11)10-14/h1-10H,(H,19,20). The quantitative estimate of drug-likeness (QED) is 0.764. The van der Waals surface area contributed by atoms with E-state index in [1.165, 1.54) is 0 Å². The van der Waals surface area contributed by atoms with Gasteiger partial charge in [-0.3, -0.25) is 9.78 Å². The van der Waals surface area contributed by atoms with Crippen molar-refractivity contribution >= 4 is 38.4 Å². The SMILES string of the molecule is O=C(Nc1ccc2cccnc2c1)c1ccc(Br)cc1. The molecule has 3 aromatic rings. The summed E-state index contributed by atoms with van der Waals surface area (Å²) in [6, 6.07) is 16.8. The highest BCUT2D eigenvalue weighted by molar-refractivity contribution is 9.10. The lowest BCUT2D eigenvalue weighted by atomic mass is 10.2. The molecule has 0 fully saturated rings. The van der Waals surface area contributed by atoms with Crippen molar-refractivity contribution in [2.45, 2.75) is 0 Å². The Balaban J connectivity index is 1.85. The van der Waals surface area contributed by atoms with Gasteiger partial charge in [0.1, 0.15) is 0 Å². The third-order valence-corrected chi connectivity index (χ3v) is 3.50. The van der Waals surface area contributed by atoms with Gasteiger partial charge < -0.3 is 5.32 Å². The number of nitrogens with one attached hydrogen (secondary N) is 1. The minimum absolute atomic E-state index is 0.132. The molecule has 0 bridgehead atoms. The Kier molecular flexibility index (Phi) is 3.48. The molecule has 0 unspecified atom stereocenters. The maximum atomic E-state index is 12.1. The van der Waals surface area contributed by atoms with Crippen LogP contribution in [0.4, 0.5) is 5.69 Å². The third-order valence-electron chi connectivity index (χ3n) is 2.97. The van der Waals surface area contributed by atoms with E-state index in [0.717, 1.165) is 21.1 Å². The van der Waals surface area contributed by atoms with E-state index in [4.69, 9.17) is 0 Å². The van der Waals surface area contributed by atoms with Gasteiger partial charge in [-0.15, -0.1) is 0 Å². The number of amides is 1. The number of nitrogens with zero attached hydrogens (tertiary/aromatic N) is 1. The summed E-state index contributed by atoms with van der Waals surface area (Å²) in [5.74, 6) is -0.132. The van der Waals surface area contributed by atoms with Crippen molar-refractivity contribution in [2.24, 2.45) is 0 Å². The van der Waals surface area contributed by atoms with Crippen molar-refractivity contribution in [1.82, 2.24) is 4.98 Å². The van der Waals surface area contributed by atoms with Crippen LogP contribution in [-0.4, -0.2) is 10.9 Å². The van der Waals surface area contributed by atoms with Gasteiger partial charge in [0, 0.05) is 27.3 Å². The molecular formula is C16H11BrN2O. The second-order valence-electron chi connectivity index (χ2n) is 4.37. The highest BCUT2D eigenvalue weighted by Crippen LogP contribution is 2.18. The van der Waals surface area contributed by atoms with Gasteiger partial charge in [-0.2, -0.15) is 0 Å². The number of hydrogen-bond donors (Lipinski definition) is 1. The minimum Gasteiger partial charge on any atom is -0.322 e. The van der Waals surface area contributed by atoms with Crippen molar-refractivity contribution < 1.29 is 4.79 Å². The molecule has 1 heterocycles. The van der Waals surface area contributed by atoms with Crippen LogP contribution in [0.5, 0.6) is 0 Å². The summed E-state index contributed by atoms with van der Waals surface area (Å²) in [4.78, 5) is 16.4. The molecule has 1 N–H and O–H groups in total. The maximum absolute atomic E-state index is 12.1. The number of carbonyl (C=O) groups excluding carboxylic acids is 1. The second-order valence-corrected chi connectivity index (χ2v) is 5.29. The van der Waals surface area contributed by atoms with E-state index in [-0.39, 0.29) is 5.91 Å². The van der Waals surface area contributed by atoms with Gasteiger partial charge in [-0.25, -0.2) is 0 Å². The second kappa shape index (κ2) is 5.43. The maximum Gasteiger partial charge on any atom is 0.255 e. The number of hydrogen-bond acceptors (Lipinski definition) is 2. The number of fused-ring (bicyclic) bond motifs is 1. The number of aromatic nitrogens is 1. The Morgan fingerprint density at radius 1 is 1.05 bits per heavy atom. The number of halogens is 1. The molecule has 3 nitrogen and oxygen atoms in total. The van der Waals surface area contributed by atoms with E-state index in [2.05, 4.69) is 26.2 Å². The molecule has 0 saturated heterocycles. The Labute approximate surface area is 124 Å². The smallest absolute Gasteiger partial charge is 0.255 e. The topological polar surface area (TPSA) is 42.0 Å². The van der Waals surface area contributed by atoms with Crippen LogP contribution in [0.1, 0.15) is 10.4 Å². The van der Waals surface area contributed by atoms with Crippen LogP contribution in [0.25, 0.3) is 10.9 Å². The molecule has 0 radical (unpaired) electrons. The number of anilines is 1. The molecule has 20 heavy (non-hydrogen) atoms. The predicted molar refractivity (Wildman–Crippen MR) is 83.8 cm³/mol. The fraction of sp³-hybridized carbons (Fsp3) is 0. The summed E-state index contributed by atoms with van der Waals surface area (Å²) in [5, 5.41) is 3.93. The first-order chi connectivity index (χ1) is 9.72. The van der Waals surface area contributed by atoms with Crippen LogP contribution in [0.15, 0.2) is 65.3 Å². The number of benzene rings is 2. The number of pyridine rings is 1. The number of carbonyl (C=O) groups is 1. The largest absolute Gasteiger partial charge is 0.322 e. The Hall–Kier alpha value is -2.20. The summed E-state index contributed by atoms with van der Waals surface area (Å²) >= 11 is 3.35. The highest BCUT2D eigenvalue weighted by Gasteiger charge is 2.06. The van der Waals surface area contributed by atoms with Gasteiger partial charge in [0.05, 0.1) is 5.52 Å². The van der Waals surface area contributed by atoms with Gasteiger partial charge >= 0.3 is 0 Å². The monoisotopic (exact) mass is 326 g/mol. The summed E-state index contributed by atoms with van der Waals surface area (Å²) < 4.78 is 0.948. The van der Waals surface area contributed by atoms with Crippen molar-refractivity contribution in [3.8, 4) is 0 Å². The molecule has 0 aliphatic rings. The van der Waals surface area contributed by atoms with Crippen LogP contribution < -0.4 is 5.32 Å². The molecule has 98 valence electrons. The molecule has 0 aliphatic carbocycles. The molecule has 3 rings (SSSR count). The van der Waals surface area contributed by atoms with Gasteiger partial charge in [0.25, 0.3) is 5.91 Å². The predicted octanol–water partition coefficient (Wildman–Crippen LogP) is 4.25. The Bertz CT molecular complexity index is 769. The van der Waals surface area contributed by atoms with E-state index in [0.29, 0.717) is 5.56 Å². The van der Waals surface area contributed by atoms with Crippen molar-refractivity contribution in [3.05, 3.63) is 70.8 Å². The molecule has 0 atom stereocenters. The lowest BCUT2D eigenvalue weighted by Crippen LogP contribution is -2.11. The first kappa shape index (κ1) is 12.8. The number of rotatable bonds is 2. The molecular weight excluding hydrogens is 316 g/mol. The summed E-state index contributed by atoms with van der Waals surface area (Å²) in [6.07, 6.45) is 1.74. The fourth-order valence-electron chi connectivity index (χ4n) is 1.95. The Morgan fingerprint density at radius 2 is 1.85 bits per heavy atom. The molecule has 4 heteroatoms. The van der Waals surface area contributed by atoms with Gasteiger partial charge in [-0.05, 0) is 42.5 Å². The zero-order chi connectivity index (χ0) is 13.9. The van der Waals surface area contributed by atoms with Crippen LogP contribution in [0.2, 0.25) is 0 Å². The van der Waals surface area contributed by atoms with Crippen LogP contribution in [-0.2, 0) is 0 Å². The van der Waals surface area contributed by atoms with Gasteiger partial charge in [0.15, 0.2) is 0 Å². The van der Waals surface area contributed by atoms with E-state index in [1.807, 2.05) is 42.5 Å². The van der Waals surface area contributed by atoms with Crippen molar-refractivity contribution in [2.75, 3.05) is 5.32 Å². The first-order valence-electron chi connectivity index (χ1n) is 6.14. The zero-order valence-corrected chi connectivity index (χ0v) is 12.1. The fourth-order valence-corrected chi connectivity index (χ4v) is 2.21. The van der Waals surface area contributed by atoms with Crippen molar-refractivity contribution in [1.29, 1.82) is 0 Å².